The van der Waals surface area contributed by atoms with Gasteiger partial charge in [-0.25, -0.2) is 9.79 Å². The number of benzene rings is 3. The molecule has 0 radical (unpaired) electrons. The monoisotopic (exact) mass is 478 g/mol. The maximum absolute atomic E-state index is 12.5. The largest absolute Gasteiger partial charge is 0.493 e. The number of aryl methyl sites for hydroxylation is 1. The number of methoxy groups -OCH3 is 1. The molecule has 0 aromatic heterocycles. The van der Waals surface area contributed by atoms with Crippen molar-refractivity contribution in [2.24, 2.45) is 4.99 Å². The highest BCUT2D eigenvalue weighted by Gasteiger charge is 2.24. The Hall–Kier alpha value is -3.55. The fourth-order valence-corrected chi connectivity index (χ4v) is 4.12. The van der Waals surface area contributed by atoms with Crippen LogP contribution in [-0.2, 0) is 4.79 Å². The molecule has 6 nitrogen and oxygen atoms in total. The summed E-state index contributed by atoms with van der Waals surface area (Å²) < 4.78 is 10.9. The SMILES string of the molecule is COc1cc(C=C2SC(=Nc3ccccc3C)NC2=O)ccc1OC(=O)c1ccccc1Cl. The second-order valence-electron chi connectivity index (χ2n) is 7.05. The molecule has 8 heteroatoms. The first-order chi connectivity index (χ1) is 15.9. The Labute approximate surface area is 200 Å². The molecule has 3 aromatic carbocycles. The second kappa shape index (κ2) is 9.94. The van der Waals surface area contributed by atoms with Crippen molar-refractivity contribution in [1.82, 2.24) is 5.32 Å². The van der Waals surface area contributed by atoms with Crippen LogP contribution < -0.4 is 14.8 Å². The van der Waals surface area contributed by atoms with E-state index in [1.54, 1.807) is 48.5 Å². The van der Waals surface area contributed by atoms with Crippen molar-refractivity contribution in [2.45, 2.75) is 6.92 Å². The molecule has 33 heavy (non-hydrogen) atoms. The number of hydrogen-bond donors (Lipinski definition) is 1. The number of amides is 1. The molecule has 1 heterocycles. The Bertz CT molecular complexity index is 1300. The standard InChI is InChI=1S/C25H19ClN2O4S/c1-15-7-3-6-10-19(15)27-25-28-23(29)22(33-25)14-16-11-12-20(21(13-16)31-2)32-24(30)17-8-4-5-9-18(17)26/h3-14H,1-2H3,(H,27,28,29). The average Bonchev–Trinajstić information content (AvgIpc) is 3.15. The molecule has 0 saturated carbocycles. The van der Waals surface area contributed by atoms with Gasteiger partial charge in [0.05, 0.1) is 28.3 Å². The number of amidine groups is 1. The lowest BCUT2D eigenvalue weighted by Gasteiger charge is -2.10. The van der Waals surface area contributed by atoms with E-state index in [-0.39, 0.29) is 17.2 Å². The quantitative estimate of drug-likeness (QED) is 0.286. The minimum Gasteiger partial charge on any atom is -0.493 e. The average molecular weight is 479 g/mol. The van der Waals surface area contributed by atoms with Crippen molar-refractivity contribution in [3.8, 4) is 11.5 Å². The first kappa shape index (κ1) is 22.6. The van der Waals surface area contributed by atoms with Crippen LogP contribution in [-0.4, -0.2) is 24.2 Å². The third-order valence-corrected chi connectivity index (χ3v) is 6.01. The van der Waals surface area contributed by atoms with E-state index in [0.29, 0.717) is 26.4 Å². The zero-order chi connectivity index (χ0) is 23.4. The molecule has 0 bridgehead atoms. The van der Waals surface area contributed by atoms with E-state index in [2.05, 4.69) is 10.3 Å². The lowest BCUT2D eigenvalue weighted by Crippen LogP contribution is -2.19. The summed E-state index contributed by atoms with van der Waals surface area (Å²) in [5, 5.41) is 3.60. The summed E-state index contributed by atoms with van der Waals surface area (Å²) in [6, 6.07) is 19.4. The Morgan fingerprint density at radius 2 is 1.82 bits per heavy atom. The molecule has 0 aliphatic carbocycles. The minimum atomic E-state index is -0.590. The second-order valence-corrected chi connectivity index (χ2v) is 8.49. The van der Waals surface area contributed by atoms with Crippen molar-refractivity contribution in [3.63, 3.8) is 0 Å². The third-order valence-electron chi connectivity index (χ3n) is 4.77. The highest BCUT2D eigenvalue weighted by molar-refractivity contribution is 8.18. The number of hydrogen-bond acceptors (Lipinski definition) is 6. The number of rotatable bonds is 5. The van der Waals surface area contributed by atoms with Crippen LogP contribution in [0.25, 0.3) is 6.08 Å². The fraction of sp³-hybridized carbons (Fsp3) is 0.0800. The van der Waals surface area contributed by atoms with Gasteiger partial charge in [-0.2, -0.15) is 0 Å². The maximum Gasteiger partial charge on any atom is 0.345 e. The smallest absolute Gasteiger partial charge is 0.345 e. The van der Waals surface area contributed by atoms with E-state index in [4.69, 9.17) is 21.1 Å². The van der Waals surface area contributed by atoms with Gasteiger partial charge in [-0.15, -0.1) is 0 Å². The van der Waals surface area contributed by atoms with Crippen LogP contribution in [0.3, 0.4) is 0 Å². The number of aliphatic imine (C=N–C) groups is 1. The first-order valence-corrected chi connectivity index (χ1v) is 11.1. The molecule has 0 spiro atoms. The van der Waals surface area contributed by atoms with Crippen molar-refractivity contribution < 1.29 is 19.1 Å². The van der Waals surface area contributed by atoms with Gasteiger partial charge >= 0.3 is 5.97 Å². The van der Waals surface area contributed by atoms with Gasteiger partial charge < -0.3 is 14.8 Å². The lowest BCUT2D eigenvalue weighted by molar-refractivity contribution is -0.115. The molecule has 0 unspecified atom stereocenters. The van der Waals surface area contributed by atoms with Gasteiger partial charge in [0, 0.05) is 0 Å². The molecule has 3 aromatic rings. The Morgan fingerprint density at radius 3 is 2.58 bits per heavy atom. The summed E-state index contributed by atoms with van der Waals surface area (Å²) in [6.45, 7) is 1.96. The maximum atomic E-state index is 12.5. The van der Waals surface area contributed by atoms with Crippen LogP contribution in [0.4, 0.5) is 5.69 Å². The summed E-state index contributed by atoms with van der Waals surface area (Å²) in [6.07, 6.45) is 1.72. The number of thioether (sulfide) groups is 1. The molecular weight excluding hydrogens is 460 g/mol. The van der Waals surface area contributed by atoms with Gasteiger partial charge in [0.15, 0.2) is 16.7 Å². The van der Waals surface area contributed by atoms with Crippen LogP contribution >= 0.6 is 23.4 Å². The van der Waals surface area contributed by atoms with Gasteiger partial charge in [-0.3, -0.25) is 4.79 Å². The predicted octanol–water partition coefficient (Wildman–Crippen LogP) is 5.77. The first-order valence-electron chi connectivity index (χ1n) is 9.94. The van der Waals surface area contributed by atoms with Gasteiger partial charge in [0.2, 0.25) is 0 Å². The number of esters is 1. The highest BCUT2D eigenvalue weighted by atomic mass is 35.5. The van der Waals surface area contributed by atoms with Crippen LogP contribution in [0, 0.1) is 6.92 Å². The molecule has 1 fully saturated rings. The van der Waals surface area contributed by atoms with Crippen molar-refractivity contribution in [1.29, 1.82) is 0 Å². The molecule has 4 rings (SSSR count). The van der Waals surface area contributed by atoms with Gasteiger partial charge in [-0.05, 0) is 66.2 Å². The zero-order valence-corrected chi connectivity index (χ0v) is 19.4. The van der Waals surface area contributed by atoms with E-state index in [1.165, 1.54) is 18.9 Å². The number of ether oxygens (including phenoxy) is 2. The topological polar surface area (TPSA) is 77.0 Å². The molecule has 1 saturated heterocycles. The van der Waals surface area contributed by atoms with E-state index < -0.39 is 5.97 Å². The van der Waals surface area contributed by atoms with Crippen LogP contribution in [0.2, 0.25) is 5.02 Å². The summed E-state index contributed by atoms with van der Waals surface area (Å²) in [7, 11) is 1.48. The van der Waals surface area contributed by atoms with Crippen molar-refractivity contribution >= 4 is 52.2 Å². The zero-order valence-electron chi connectivity index (χ0n) is 17.8. The predicted molar refractivity (Wildman–Crippen MR) is 131 cm³/mol. The molecular formula is C25H19ClN2O4S. The number of carbonyl (C=O) groups is 2. The van der Waals surface area contributed by atoms with Crippen LogP contribution in [0.5, 0.6) is 11.5 Å². The Morgan fingerprint density at radius 1 is 1.06 bits per heavy atom. The number of nitrogens with one attached hydrogen (secondary N) is 1. The van der Waals surface area contributed by atoms with Crippen molar-refractivity contribution in [3.05, 3.63) is 93.3 Å². The number of carbonyl (C=O) groups excluding carboxylic acids is 2. The fourth-order valence-electron chi connectivity index (χ4n) is 3.07. The lowest BCUT2D eigenvalue weighted by atomic mass is 10.1. The number of nitrogens with zero attached hydrogens (tertiary/aromatic N) is 1. The van der Waals surface area contributed by atoms with Gasteiger partial charge in [0.1, 0.15) is 0 Å². The van der Waals surface area contributed by atoms with Crippen LogP contribution in [0.15, 0.2) is 76.6 Å². The molecule has 1 N–H and O–H groups in total. The normalized spacial score (nSPS) is 15.5. The minimum absolute atomic E-state index is 0.236. The molecule has 0 atom stereocenters. The number of para-hydroxylation sites is 1. The van der Waals surface area contributed by atoms with E-state index in [9.17, 15) is 9.59 Å². The third kappa shape index (κ3) is 5.27. The van der Waals surface area contributed by atoms with Crippen molar-refractivity contribution in [2.75, 3.05) is 7.11 Å². The summed E-state index contributed by atoms with van der Waals surface area (Å²) >= 11 is 7.33. The van der Waals surface area contributed by atoms with E-state index in [1.807, 2.05) is 31.2 Å². The number of halogens is 1. The van der Waals surface area contributed by atoms with Crippen LogP contribution in [0.1, 0.15) is 21.5 Å². The Balaban J connectivity index is 1.54. The molecule has 1 aliphatic rings. The summed E-state index contributed by atoms with van der Waals surface area (Å²) in [5.74, 6) is -0.231. The molecule has 166 valence electrons. The van der Waals surface area contributed by atoms with E-state index >= 15 is 0 Å². The molecule has 1 aliphatic heterocycles. The summed E-state index contributed by atoms with van der Waals surface area (Å²) in [5.41, 5.74) is 2.78. The molecule has 1 amide bonds. The highest BCUT2D eigenvalue weighted by Crippen LogP contribution is 2.33. The Kier molecular flexibility index (Phi) is 6.82. The van der Waals surface area contributed by atoms with Gasteiger partial charge in [0.25, 0.3) is 5.91 Å². The summed E-state index contributed by atoms with van der Waals surface area (Å²) in [4.78, 5) is 29.9. The van der Waals surface area contributed by atoms with E-state index in [0.717, 1.165) is 11.3 Å². The van der Waals surface area contributed by atoms with Gasteiger partial charge in [-0.1, -0.05) is 48.0 Å².